The summed E-state index contributed by atoms with van der Waals surface area (Å²) in [6.45, 7) is 1.75. The minimum absolute atomic E-state index is 0.0148. The van der Waals surface area contributed by atoms with E-state index in [1.54, 1.807) is 0 Å². The van der Waals surface area contributed by atoms with Crippen LogP contribution in [0.15, 0.2) is 48.5 Å². The van der Waals surface area contributed by atoms with Crippen molar-refractivity contribution in [3.05, 3.63) is 59.7 Å². The third kappa shape index (κ3) is 5.80. The zero-order valence-corrected chi connectivity index (χ0v) is 15.1. The summed E-state index contributed by atoms with van der Waals surface area (Å²) in [5.74, 6) is 0.950. The molecule has 2 aromatic carbocycles. The number of hydrogen-bond donors (Lipinski definition) is 2. The average Bonchev–Trinajstić information content (AvgIpc) is 2.63. The number of rotatable bonds is 6. The van der Waals surface area contributed by atoms with Crippen LogP contribution in [-0.4, -0.2) is 24.4 Å². The van der Waals surface area contributed by atoms with E-state index < -0.39 is 0 Å². The number of nitrogen functional groups attached to an aromatic ring is 1. The van der Waals surface area contributed by atoms with Crippen molar-refractivity contribution in [3.8, 4) is 0 Å². The predicted octanol–water partition coefficient (Wildman–Crippen LogP) is 3.86. The van der Waals surface area contributed by atoms with Crippen LogP contribution in [0.25, 0.3) is 0 Å². The van der Waals surface area contributed by atoms with E-state index >= 15 is 0 Å². The minimum atomic E-state index is -0.0148. The first kappa shape index (κ1) is 17.8. The highest BCUT2D eigenvalue weighted by atomic mass is 32.2. The molecule has 1 aliphatic heterocycles. The molecule has 1 amide bonds. The maximum Gasteiger partial charge on any atom is 0.228 e. The van der Waals surface area contributed by atoms with Crippen LogP contribution >= 0.6 is 11.8 Å². The molecule has 4 nitrogen and oxygen atoms in total. The van der Waals surface area contributed by atoms with E-state index in [1.807, 2.05) is 48.2 Å². The van der Waals surface area contributed by atoms with Gasteiger partial charge in [0.1, 0.15) is 0 Å². The van der Waals surface area contributed by atoms with Crippen LogP contribution in [0.5, 0.6) is 0 Å². The van der Waals surface area contributed by atoms with Gasteiger partial charge in [-0.05, 0) is 48.2 Å². The fourth-order valence-electron chi connectivity index (χ4n) is 2.82. The molecule has 0 atom stereocenters. The van der Waals surface area contributed by atoms with Gasteiger partial charge in [-0.2, -0.15) is 11.8 Å². The quantitative estimate of drug-likeness (QED) is 0.772. The van der Waals surface area contributed by atoms with Crippen LogP contribution in [0.3, 0.4) is 0 Å². The van der Waals surface area contributed by atoms with Gasteiger partial charge in [-0.3, -0.25) is 4.79 Å². The molecular formula is C20H24N2O2S. The molecule has 0 radical (unpaired) electrons. The molecule has 132 valence electrons. The Balaban J connectivity index is 1.51. The highest BCUT2D eigenvalue weighted by Crippen LogP contribution is 2.26. The number of nitrogens with two attached hydrogens (primary N) is 1. The van der Waals surface area contributed by atoms with Crippen molar-refractivity contribution in [1.29, 1.82) is 0 Å². The Morgan fingerprint density at radius 2 is 1.88 bits per heavy atom. The molecule has 5 heteroatoms. The number of hydrogen-bond acceptors (Lipinski definition) is 4. The largest absolute Gasteiger partial charge is 0.399 e. The van der Waals surface area contributed by atoms with Crippen molar-refractivity contribution in [3.63, 3.8) is 0 Å². The summed E-state index contributed by atoms with van der Waals surface area (Å²) in [6, 6.07) is 15.5. The Morgan fingerprint density at radius 1 is 1.12 bits per heavy atom. The van der Waals surface area contributed by atoms with E-state index in [2.05, 4.69) is 17.4 Å². The van der Waals surface area contributed by atoms with Crippen LogP contribution in [0.4, 0.5) is 11.4 Å². The Hall–Kier alpha value is -1.98. The second kappa shape index (κ2) is 8.92. The Morgan fingerprint density at radius 3 is 2.64 bits per heavy atom. The summed E-state index contributed by atoms with van der Waals surface area (Å²) in [5, 5.41) is 3.66. The summed E-state index contributed by atoms with van der Waals surface area (Å²) < 4.78 is 5.40. The van der Waals surface area contributed by atoms with Crippen molar-refractivity contribution in [2.45, 2.75) is 30.3 Å². The lowest BCUT2D eigenvalue weighted by Crippen LogP contribution is -2.17. The van der Waals surface area contributed by atoms with Crippen molar-refractivity contribution in [2.75, 3.05) is 24.3 Å². The topological polar surface area (TPSA) is 64.4 Å². The molecule has 3 N–H and O–H groups in total. The van der Waals surface area contributed by atoms with Gasteiger partial charge >= 0.3 is 0 Å². The van der Waals surface area contributed by atoms with Crippen molar-refractivity contribution >= 4 is 29.0 Å². The van der Waals surface area contributed by atoms with Gasteiger partial charge in [-0.15, -0.1) is 0 Å². The monoisotopic (exact) mass is 356 g/mol. The van der Waals surface area contributed by atoms with Crippen LogP contribution in [0, 0.1) is 0 Å². The van der Waals surface area contributed by atoms with E-state index in [0.717, 1.165) is 43.1 Å². The molecule has 0 aromatic heterocycles. The maximum absolute atomic E-state index is 12.2. The molecule has 2 aromatic rings. The Bertz CT molecular complexity index is 697. The summed E-state index contributed by atoms with van der Waals surface area (Å²) in [4.78, 5) is 12.2. The molecule has 25 heavy (non-hydrogen) atoms. The van der Waals surface area contributed by atoms with Crippen LogP contribution < -0.4 is 11.1 Å². The first-order chi connectivity index (χ1) is 12.2. The highest BCUT2D eigenvalue weighted by Gasteiger charge is 2.14. The Kier molecular flexibility index (Phi) is 6.36. The fourth-order valence-corrected chi connectivity index (χ4v) is 3.96. The first-order valence-corrected chi connectivity index (χ1v) is 9.66. The number of nitrogens with one attached hydrogen (secondary N) is 1. The van der Waals surface area contributed by atoms with Gasteiger partial charge in [0.2, 0.25) is 5.91 Å². The van der Waals surface area contributed by atoms with E-state index in [9.17, 15) is 4.79 Å². The lowest BCUT2D eigenvalue weighted by Gasteiger charge is -2.21. The summed E-state index contributed by atoms with van der Waals surface area (Å²) in [6.07, 6.45) is 2.60. The number of anilines is 2. The number of ether oxygens (including phenoxy) is 1. The fraction of sp³-hybridized carbons (Fsp3) is 0.350. The number of benzene rings is 2. The standard InChI is InChI=1S/C20H24N2O2S/c21-17-6-4-15(5-7-17)13-20(23)22-18-3-1-2-16(12-18)14-25-19-8-10-24-11-9-19/h1-7,12,19H,8-11,13-14,21H2,(H,22,23). The molecule has 1 heterocycles. The van der Waals surface area contributed by atoms with Crippen LogP contribution in [-0.2, 0) is 21.7 Å². The third-order valence-corrected chi connectivity index (χ3v) is 5.65. The van der Waals surface area contributed by atoms with E-state index in [1.165, 1.54) is 5.56 Å². The van der Waals surface area contributed by atoms with Gasteiger partial charge in [0.25, 0.3) is 0 Å². The number of thioether (sulfide) groups is 1. The number of carbonyl (C=O) groups excluding carboxylic acids is 1. The zero-order chi connectivity index (χ0) is 17.5. The minimum Gasteiger partial charge on any atom is -0.399 e. The van der Waals surface area contributed by atoms with Gasteiger partial charge in [-0.1, -0.05) is 24.3 Å². The van der Waals surface area contributed by atoms with Gasteiger partial charge < -0.3 is 15.8 Å². The molecule has 1 saturated heterocycles. The van der Waals surface area contributed by atoms with Gasteiger partial charge in [-0.25, -0.2) is 0 Å². The normalized spacial score (nSPS) is 15.0. The molecule has 1 aliphatic rings. The molecule has 1 fully saturated rings. The lowest BCUT2D eigenvalue weighted by molar-refractivity contribution is -0.115. The second-order valence-electron chi connectivity index (χ2n) is 6.29. The van der Waals surface area contributed by atoms with Crippen LogP contribution in [0.2, 0.25) is 0 Å². The van der Waals surface area contributed by atoms with E-state index in [0.29, 0.717) is 17.4 Å². The molecule has 0 saturated carbocycles. The third-order valence-electron chi connectivity index (χ3n) is 4.21. The van der Waals surface area contributed by atoms with Gasteiger partial charge in [0.05, 0.1) is 6.42 Å². The van der Waals surface area contributed by atoms with E-state index in [4.69, 9.17) is 10.5 Å². The lowest BCUT2D eigenvalue weighted by atomic mass is 10.1. The van der Waals surface area contributed by atoms with Crippen molar-refractivity contribution in [2.24, 2.45) is 0 Å². The molecule has 3 rings (SSSR count). The molecule has 0 spiro atoms. The first-order valence-electron chi connectivity index (χ1n) is 8.61. The molecule has 0 bridgehead atoms. The SMILES string of the molecule is Nc1ccc(CC(=O)Nc2cccc(CSC3CCOCC3)c2)cc1. The summed E-state index contributed by atoms with van der Waals surface area (Å²) in [7, 11) is 0. The van der Waals surface area contributed by atoms with Gasteiger partial charge in [0.15, 0.2) is 0 Å². The smallest absolute Gasteiger partial charge is 0.228 e. The van der Waals surface area contributed by atoms with Crippen LogP contribution in [0.1, 0.15) is 24.0 Å². The maximum atomic E-state index is 12.2. The Labute approximate surface area is 153 Å². The number of amides is 1. The second-order valence-corrected chi connectivity index (χ2v) is 7.58. The summed E-state index contributed by atoms with van der Waals surface area (Å²) >= 11 is 1.98. The summed E-state index contributed by atoms with van der Waals surface area (Å²) in [5.41, 5.74) is 9.42. The van der Waals surface area contributed by atoms with Crippen molar-refractivity contribution < 1.29 is 9.53 Å². The zero-order valence-electron chi connectivity index (χ0n) is 14.2. The molecule has 0 unspecified atom stereocenters. The van der Waals surface area contributed by atoms with E-state index in [-0.39, 0.29) is 5.91 Å². The molecular weight excluding hydrogens is 332 g/mol. The highest BCUT2D eigenvalue weighted by molar-refractivity contribution is 7.99. The average molecular weight is 356 g/mol. The number of carbonyl (C=O) groups is 1. The van der Waals surface area contributed by atoms with Crippen molar-refractivity contribution in [1.82, 2.24) is 0 Å². The van der Waals surface area contributed by atoms with Gasteiger partial charge in [0, 0.05) is 35.6 Å². The predicted molar refractivity (Wildman–Crippen MR) is 105 cm³/mol. The molecule has 0 aliphatic carbocycles.